The number of anilines is 1. The lowest BCUT2D eigenvalue weighted by Gasteiger charge is -2.44. The largest absolute Gasteiger partial charge is 0.355 e. The molecular weight excluding hydrogens is 336 g/mol. The van der Waals surface area contributed by atoms with E-state index in [9.17, 15) is 0 Å². The summed E-state index contributed by atoms with van der Waals surface area (Å²) in [7, 11) is 0. The molecule has 0 radical (unpaired) electrons. The number of pyridine rings is 1. The number of hydrogen-bond acceptors (Lipinski definition) is 5. The summed E-state index contributed by atoms with van der Waals surface area (Å²) >= 11 is 0. The van der Waals surface area contributed by atoms with E-state index < -0.39 is 0 Å². The average molecular weight is 362 g/mol. The molecule has 2 aliphatic heterocycles. The standard InChI is InChI=1S/C21H26N6/c1-16-20(17-5-11-22-12-6-17)27-18(24-16)3-4-19(25-27)26-13-8-21(9-14-26)7-2-10-23-15-21/h3-6,11-12,23H,2,7-10,13-15H2,1H3. The Bertz CT molecular complexity index is 932. The normalized spacial score (nSPS) is 19.7. The van der Waals surface area contributed by atoms with Crippen LogP contribution in [0.2, 0.25) is 0 Å². The summed E-state index contributed by atoms with van der Waals surface area (Å²) in [5, 5.41) is 8.57. The number of hydrogen-bond donors (Lipinski definition) is 1. The van der Waals surface area contributed by atoms with Gasteiger partial charge < -0.3 is 10.2 Å². The predicted octanol–water partition coefficient (Wildman–Crippen LogP) is 3.07. The van der Waals surface area contributed by atoms with E-state index in [0.29, 0.717) is 5.41 Å². The third-order valence-electron chi connectivity index (χ3n) is 6.30. The molecule has 2 saturated heterocycles. The maximum absolute atomic E-state index is 4.97. The van der Waals surface area contributed by atoms with Gasteiger partial charge >= 0.3 is 0 Å². The van der Waals surface area contributed by atoms with Gasteiger partial charge in [-0.05, 0) is 68.8 Å². The summed E-state index contributed by atoms with van der Waals surface area (Å²) in [5.41, 5.74) is 4.56. The molecule has 27 heavy (non-hydrogen) atoms. The smallest absolute Gasteiger partial charge is 0.154 e. The topological polar surface area (TPSA) is 58.4 Å². The Balaban J connectivity index is 1.45. The molecule has 3 aromatic rings. The Morgan fingerprint density at radius 2 is 1.85 bits per heavy atom. The molecule has 0 saturated carbocycles. The quantitative estimate of drug-likeness (QED) is 0.759. The zero-order valence-corrected chi connectivity index (χ0v) is 15.9. The second-order valence-electron chi connectivity index (χ2n) is 8.01. The maximum atomic E-state index is 4.97. The van der Waals surface area contributed by atoms with Gasteiger partial charge in [0, 0.05) is 37.6 Å². The number of imidazole rings is 1. The molecule has 3 aromatic heterocycles. The Hall–Kier alpha value is -2.47. The van der Waals surface area contributed by atoms with Crippen LogP contribution in [0.1, 0.15) is 31.4 Å². The second kappa shape index (κ2) is 6.60. The maximum Gasteiger partial charge on any atom is 0.154 e. The number of nitrogens with one attached hydrogen (secondary N) is 1. The van der Waals surface area contributed by atoms with E-state index in [2.05, 4.69) is 27.3 Å². The highest BCUT2D eigenvalue weighted by Gasteiger charge is 2.36. The Kier molecular flexibility index (Phi) is 4.08. The third-order valence-corrected chi connectivity index (χ3v) is 6.30. The van der Waals surface area contributed by atoms with Crippen LogP contribution in [0.5, 0.6) is 0 Å². The summed E-state index contributed by atoms with van der Waals surface area (Å²) in [5.74, 6) is 1.05. The van der Waals surface area contributed by atoms with Gasteiger partial charge in [-0.25, -0.2) is 9.50 Å². The van der Waals surface area contributed by atoms with Crippen molar-refractivity contribution < 1.29 is 0 Å². The van der Waals surface area contributed by atoms with Gasteiger partial charge in [0.25, 0.3) is 0 Å². The van der Waals surface area contributed by atoms with Gasteiger partial charge in [-0.3, -0.25) is 4.98 Å². The van der Waals surface area contributed by atoms with Crippen LogP contribution < -0.4 is 10.2 Å². The van der Waals surface area contributed by atoms with E-state index >= 15 is 0 Å². The summed E-state index contributed by atoms with van der Waals surface area (Å²) < 4.78 is 1.99. The van der Waals surface area contributed by atoms with Crippen molar-refractivity contribution in [3.8, 4) is 11.3 Å². The monoisotopic (exact) mass is 362 g/mol. The van der Waals surface area contributed by atoms with Crippen molar-refractivity contribution in [2.45, 2.75) is 32.6 Å². The Morgan fingerprint density at radius 3 is 2.59 bits per heavy atom. The van der Waals surface area contributed by atoms with Crippen molar-refractivity contribution in [3.63, 3.8) is 0 Å². The van der Waals surface area contributed by atoms with Crippen LogP contribution >= 0.6 is 0 Å². The highest BCUT2D eigenvalue weighted by atomic mass is 15.3. The molecule has 0 amide bonds. The summed E-state index contributed by atoms with van der Waals surface area (Å²) in [6, 6.07) is 8.25. The van der Waals surface area contributed by atoms with Crippen LogP contribution in [0, 0.1) is 12.3 Å². The van der Waals surface area contributed by atoms with Crippen LogP contribution in [0.3, 0.4) is 0 Å². The molecule has 0 aromatic carbocycles. The van der Waals surface area contributed by atoms with E-state index in [4.69, 9.17) is 10.1 Å². The van der Waals surface area contributed by atoms with Crippen molar-refractivity contribution in [1.29, 1.82) is 0 Å². The fraction of sp³-hybridized carbons (Fsp3) is 0.476. The highest BCUT2D eigenvalue weighted by Crippen LogP contribution is 2.38. The number of aryl methyl sites for hydroxylation is 1. The van der Waals surface area contributed by atoms with Crippen molar-refractivity contribution in [1.82, 2.24) is 24.9 Å². The lowest BCUT2D eigenvalue weighted by atomic mass is 9.73. The number of nitrogens with zero attached hydrogens (tertiary/aromatic N) is 5. The molecule has 5 rings (SSSR count). The molecule has 1 spiro atoms. The van der Waals surface area contributed by atoms with Gasteiger partial charge in [0.2, 0.25) is 0 Å². The van der Waals surface area contributed by atoms with Gasteiger partial charge in [-0.1, -0.05) is 0 Å². The van der Waals surface area contributed by atoms with Gasteiger partial charge in [-0.2, -0.15) is 0 Å². The third kappa shape index (κ3) is 2.98. The van der Waals surface area contributed by atoms with E-state index in [1.807, 2.05) is 36.0 Å². The van der Waals surface area contributed by atoms with Crippen molar-refractivity contribution in [2.24, 2.45) is 5.41 Å². The van der Waals surface area contributed by atoms with Gasteiger partial charge in [-0.15, -0.1) is 5.10 Å². The first-order valence-corrected chi connectivity index (χ1v) is 9.97. The Morgan fingerprint density at radius 1 is 1.04 bits per heavy atom. The first-order chi connectivity index (χ1) is 13.2. The van der Waals surface area contributed by atoms with Crippen LogP contribution in [0.4, 0.5) is 5.82 Å². The minimum Gasteiger partial charge on any atom is -0.355 e. The molecule has 0 unspecified atom stereocenters. The molecule has 0 aliphatic carbocycles. The molecule has 2 fully saturated rings. The highest BCUT2D eigenvalue weighted by molar-refractivity contribution is 5.66. The number of piperidine rings is 2. The lowest BCUT2D eigenvalue weighted by Crippen LogP contribution is -2.48. The summed E-state index contributed by atoms with van der Waals surface area (Å²) in [6.07, 6.45) is 8.82. The molecule has 5 heterocycles. The van der Waals surface area contributed by atoms with Crippen LogP contribution in [-0.2, 0) is 0 Å². The van der Waals surface area contributed by atoms with Crippen molar-refractivity contribution in [3.05, 3.63) is 42.4 Å². The first kappa shape index (κ1) is 16.7. The van der Waals surface area contributed by atoms with E-state index in [1.165, 1.54) is 38.8 Å². The number of rotatable bonds is 2. The predicted molar refractivity (Wildman–Crippen MR) is 107 cm³/mol. The zero-order valence-electron chi connectivity index (χ0n) is 15.9. The van der Waals surface area contributed by atoms with Crippen LogP contribution in [-0.4, -0.2) is 45.8 Å². The molecule has 0 bridgehead atoms. The fourth-order valence-electron chi connectivity index (χ4n) is 4.71. The molecule has 0 atom stereocenters. The summed E-state index contributed by atoms with van der Waals surface area (Å²) in [6.45, 7) is 6.57. The minimum atomic E-state index is 0.507. The van der Waals surface area contributed by atoms with Crippen molar-refractivity contribution >= 4 is 11.5 Å². The first-order valence-electron chi connectivity index (χ1n) is 9.97. The Labute approximate surface area is 159 Å². The van der Waals surface area contributed by atoms with Gasteiger partial charge in [0.15, 0.2) is 5.65 Å². The minimum absolute atomic E-state index is 0.507. The van der Waals surface area contributed by atoms with Gasteiger partial charge in [0.05, 0.1) is 11.4 Å². The number of aromatic nitrogens is 4. The fourth-order valence-corrected chi connectivity index (χ4v) is 4.71. The van der Waals surface area contributed by atoms with Crippen LogP contribution in [0.25, 0.3) is 16.9 Å². The van der Waals surface area contributed by atoms with Crippen LogP contribution in [0.15, 0.2) is 36.7 Å². The molecule has 140 valence electrons. The van der Waals surface area contributed by atoms with E-state index in [0.717, 1.165) is 41.5 Å². The van der Waals surface area contributed by atoms with Gasteiger partial charge in [0.1, 0.15) is 5.82 Å². The lowest BCUT2D eigenvalue weighted by molar-refractivity contribution is 0.161. The second-order valence-corrected chi connectivity index (χ2v) is 8.01. The molecule has 2 aliphatic rings. The molecular formula is C21H26N6. The van der Waals surface area contributed by atoms with Crippen molar-refractivity contribution in [2.75, 3.05) is 31.1 Å². The molecule has 6 nitrogen and oxygen atoms in total. The van der Waals surface area contributed by atoms with E-state index in [-0.39, 0.29) is 0 Å². The zero-order chi connectivity index (χ0) is 18.3. The molecule has 1 N–H and O–H groups in total. The van der Waals surface area contributed by atoms with E-state index in [1.54, 1.807) is 0 Å². The summed E-state index contributed by atoms with van der Waals surface area (Å²) in [4.78, 5) is 11.3. The molecule has 6 heteroatoms. The SMILES string of the molecule is Cc1nc2ccc(N3CCC4(CCCNC4)CC3)nn2c1-c1ccncc1. The number of fused-ring (bicyclic) bond motifs is 1. The average Bonchev–Trinajstić information content (AvgIpc) is 3.05.